The summed E-state index contributed by atoms with van der Waals surface area (Å²) in [6, 6.07) is 3.14. The highest BCUT2D eigenvalue weighted by molar-refractivity contribution is 5.21. The van der Waals surface area contributed by atoms with Crippen LogP contribution in [-0.2, 0) is 0 Å². The lowest BCUT2D eigenvalue weighted by molar-refractivity contribution is 0.230. The molecule has 16 heavy (non-hydrogen) atoms. The zero-order valence-corrected chi connectivity index (χ0v) is 9.50. The summed E-state index contributed by atoms with van der Waals surface area (Å²) in [5, 5.41) is 11.9. The first-order valence-electron chi connectivity index (χ1n) is 5.33. The molecule has 0 saturated heterocycles. The van der Waals surface area contributed by atoms with Crippen molar-refractivity contribution in [3.63, 3.8) is 0 Å². The van der Waals surface area contributed by atoms with Crippen molar-refractivity contribution < 1.29 is 13.9 Å². The van der Waals surface area contributed by atoms with Gasteiger partial charge in [0.15, 0.2) is 0 Å². The third-order valence-electron chi connectivity index (χ3n) is 2.51. The van der Waals surface area contributed by atoms with Crippen LogP contribution in [0.15, 0.2) is 18.2 Å². The molecule has 0 bridgehead atoms. The fourth-order valence-electron chi connectivity index (χ4n) is 1.40. The van der Waals surface area contributed by atoms with Gasteiger partial charge >= 0.3 is 0 Å². The topological polar surface area (TPSA) is 32.3 Å². The van der Waals surface area contributed by atoms with Crippen molar-refractivity contribution in [2.75, 3.05) is 13.2 Å². The number of rotatable bonds is 5. The van der Waals surface area contributed by atoms with E-state index >= 15 is 0 Å². The smallest absolute Gasteiger partial charge is 0.128 e. The zero-order chi connectivity index (χ0) is 12.1. The van der Waals surface area contributed by atoms with Crippen LogP contribution in [0.25, 0.3) is 0 Å². The van der Waals surface area contributed by atoms with Crippen LogP contribution in [0, 0.1) is 17.6 Å². The molecule has 2 atom stereocenters. The van der Waals surface area contributed by atoms with Crippen LogP contribution in [0.1, 0.15) is 25.5 Å². The van der Waals surface area contributed by atoms with Crippen LogP contribution in [0.3, 0.4) is 0 Å². The van der Waals surface area contributed by atoms with E-state index in [-0.39, 0.29) is 18.6 Å². The lowest BCUT2D eigenvalue weighted by Crippen LogP contribution is -2.26. The Morgan fingerprint density at radius 2 is 2.00 bits per heavy atom. The van der Waals surface area contributed by atoms with Crippen LogP contribution < -0.4 is 5.32 Å². The van der Waals surface area contributed by atoms with E-state index in [0.29, 0.717) is 12.1 Å². The van der Waals surface area contributed by atoms with E-state index in [1.807, 2.05) is 6.92 Å². The molecule has 0 saturated carbocycles. The lowest BCUT2D eigenvalue weighted by atomic mass is 10.1. The third-order valence-corrected chi connectivity index (χ3v) is 2.51. The highest BCUT2D eigenvalue weighted by atomic mass is 19.1. The van der Waals surface area contributed by atoms with Gasteiger partial charge in [0.2, 0.25) is 0 Å². The number of nitrogens with one attached hydrogen (secondary N) is 1. The van der Waals surface area contributed by atoms with Crippen molar-refractivity contribution in [1.82, 2.24) is 5.32 Å². The normalized spacial score (nSPS) is 14.8. The standard InChI is InChI=1S/C12H17F2NO/c1-8(7-16)6-15-9(2)11-5-10(13)3-4-12(11)14/h3-5,8-9,15-16H,6-7H2,1-2H3. The average molecular weight is 229 g/mol. The minimum absolute atomic E-state index is 0.0748. The number of hydrogen-bond donors (Lipinski definition) is 2. The van der Waals surface area contributed by atoms with Crippen molar-refractivity contribution in [2.24, 2.45) is 5.92 Å². The maximum Gasteiger partial charge on any atom is 0.128 e. The van der Waals surface area contributed by atoms with E-state index in [9.17, 15) is 8.78 Å². The van der Waals surface area contributed by atoms with Crippen molar-refractivity contribution in [3.05, 3.63) is 35.4 Å². The van der Waals surface area contributed by atoms with Gasteiger partial charge in [0.1, 0.15) is 11.6 Å². The van der Waals surface area contributed by atoms with Gasteiger partial charge in [0.25, 0.3) is 0 Å². The van der Waals surface area contributed by atoms with Gasteiger partial charge in [-0.15, -0.1) is 0 Å². The van der Waals surface area contributed by atoms with E-state index in [0.717, 1.165) is 12.1 Å². The van der Waals surface area contributed by atoms with Crippen LogP contribution in [-0.4, -0.2) is 18.3 Å². The first kappa shape index (κ1) is 13.1. The number of hydrogen-bond acceptors (Lipinski definition) is 2. The third kappa shape index (κ3) is 3.54. The Balaban J connectivity index is 2.65. The van der Waals surface area contributed by atoms with E-state index in [2.05, 4.69) is 5.32 Å². The van der Waals surface area contributed by atoms with Gasteiger partial charge in [-0.05, 0) is 31.0 Å². The van der Waals surface area contributed by atoms with Gasteiger partial charge in [0.05, 0.1) is 0 Å². The molecule has 0 radical (unpaired) electrons. The molecule has 2 unspecified atom stereocenters. The van der Waals surface area contributed by atoms with Crippen molar-refractivity contribution >= 4 is 0 Å². The Labute approximate surface area is 94.3 Å². The summed E-state index contributed by atoms with van der Waals surface area (Å²) in [6.07, 6.45) is 0. The maximum atomic E-state index is 13.4. The highest BCUT2D eigenvalue weighted by Gasteiger charge is 2.12. The fourth-order valence-corrected chi connectivity index (χ4v) is 1.40. The summed E-state index contributed by atoms with van der Waals surface area (Å²) in [4.78, 5) is 0. The minimum Gasteiger partial charge on any atom is -0.396 e. The van der Waals surface area contributed by atoms with Gasteiger partial charge in [-0.25, -0.2) is 8.78 Å². The first-order valence-corrected chi connectivity index (χ1v) is 5.33. The van der Waals surface area contributed by atoms with Crippen molar-refractivity contribution in [2.45, 2.75) is 19.9 Å². The SMILES string of the molecule is CC(CO)CNC(C)c1cc(F)ccc1F. The van der Waals surface area contributed by atoms with Gasteiger partial charge in [0, 0.05) is 24.8 Å². The number of aliphatic hydroxyl groups is 1. The highest BCUT2D eigenvalue weighted by Crippen LogP contribution is 2.17. The molecule has 1 aromatic rings. The minimum atomic E-state index is -0.444. The Bertz CT molecular complexity index is 344. The molecule has 0 aliphatic rings. The predicted octanol–water partition coefficient (Wildman–Crippen LogP) is 2.24. The quantitative estimate of drug-likeness (QED) is 0.811. The Hall–Kier alpha value is -1.00. The van der Waals surface area contributed by atoms with E-state index in [1.165, 1.54) is 6.07 Å². The molecule has 0 aliphatic carbocycles. The van der Waals surface area contributed by atoms with Gasteiger partial charge in [-0.1, -0.05) is 6.92 Å². The van der Waals surface area contributed by atoms with Crippen molar-refractivity contribution in [1.29, 1.82) is 0 Å². The molecule has 2 nitrogen and oxygen atoms in total. The zero-order valence-electron chi connectivity index (χ0n) is 9.50. The Morgan fingerprint density at radius 3 is 2.62 bits per heavy atom. The van der Waals surface area contributed by atoms with E-state index in [1.54, 1.807) is 6.92 Å². The van der Waals surface area contributed by atoms with Crippen LogP contribution in [0.2, 0.25) is 0 Å². The number of halogens is 2. The molecule has 2 N–H and O–H groups in total. The van der Waals surface area contributed by atoms with Crippen LogP contribution >= 0.6 is 0 Å². The van der Waals surface area contributed by atoms with Crippen LogP contribution in [0.4, 0.5) is 8.78 Å². The molecule has 0 amide bonds. The first-order chi connectivity index (χ1) is 7.54. The van der Waals surface area contributed by atoms with Crippen LogP contribution in [0.5, 0.6) is 0 Å². The lowest BCUT2D eigenvalue weighted by Gasteiger charge is -2.17. The van der Waals surface area contributed by atoms with E-state index in [4.69, 9.17) is 5.11 Å². The second-order valence-electron chi connectivity index (χ2n) is 4.08. The van der Waals surface area contributed by atoms with Gasteiger partial charge in [-0.2, -0.15) is 0 Å². The summed E-state index contributed by atoms with van der Waals surface area (Å²) >= 11 is 0. The molecule has 1 aromatic carbocycles. The van der Waals surface area contributed by atoms with Crippen molar-refractivity contribution in [3.8, 4) is 0 Å². The molecular weight excluding hydrogens is 212 g/mol. The molecule has 0 aliphatic heterocycles. The summed E-state index contributed by atoms with van der Waals surface area (Å²) in [5.41, 5.74) is 0.310. The maximum absolute atomic E-state index is 13.4. The second-order valence-corrected chi connectivity index (χ2v) is 4.08. The molecule has 1 rings (SSSR count). The molecule has 0 heterocycles. The average Bonchev–Trinajstić information content (AvgIpc) is 2.28. The molecule has 90 valence electrons. The number of benzene rings is 1. The summed E-state index contributed by atoms with van der Waals surface area (Å²) in [7, 11) is 0. The van der Waals surface area contributed by atoms with E-state index < -0.39 is 11.6 Å². The monoisotopic (exact) mass is 229 g/mol. The molecule has 0 fully saturated rings. The Morgan fingerprint density at radius 1 is 1.31 bits per heavy atom. The van der Waals surface area contributed by atoms with Gasteiger partial charge < -0.3 is 10.4 Å². The van der Waals surface area contributed by atoms with Gasteiger partial charge in [-0.3, -0.25) is 0 Å². The Kier molecular flexibility index (Phi) is 4.83. The molecule has 4 heteroatoms. The fraction of sp³-hybridized carbons (Fsp3) is 0.500. The number of aliphatic hydroxyl groups excluding tert-OH is 1. The molecule has 0 spiro atoms. The molecular formula is C12H17F2NO. The molecule has 0 aromatic heterocycles. The summed E-state index contributed by atoms with van der Waals surface area (Å²) in [5.74, 6) is -0.766. The second kappa shape index (κ2) is 5.92. The predicted molar refractivity (Wildman–Crippen MR) is 59.0 cm³/mol. The summed E-state index contributed by atoms with van der Waals surface area (Å²) in [6.45, 7) is 4.28. The largest absolute Gasteiger partial charge is 0.396 e. The summed E-state index contributed by atoms with van der Waals surface area (Å²) < 4.78 is 26.3.